The van der Waals surface area contributed by atoms with Crippen molar-refractivity contribution in [3.8, 4) is 0 Å². The second-order valence-corrected chi connectivity index (χ2v) is 4.96. The summed E-state index contributed by atoms with van der Waals surface area (Å²) in [7, 11) is 0. The molecule has 1 aromatic rings. The number of nitrogens with one attached hydrogen (secondary N) is 1. The molecule has 2 aliphatic heterocycles. The monoisotopic (exact) mass is 218 g/mol. The summed E-state index contributed by atoms with van der Waals surface area (Å²) in [5, 5.41) is 11.9. The number of hydrogen-bond donors (Lipinski definition) is 1. The highest BCUT2D eigenvalue weighted by Crippen LogP contribution is 2.27. The molecule has 3 rings (SSSR count). The fourth-order valence-corrected chi connectivity index (χ4v) is 2.84. The minimum atomic E-state index is 0.663. The average Bonchev–Trinajstić information content (AvgIpc) is 2.72. The van der Waals surface area contributed by atoms with Gasteiger partial charge < -0.3 is 10.2 Å². The van der Waals surface area contributed by atoms with Gasteiger partial charge in [0.05, 0.1) is 6.20 Å². The summed E-state index contributed by atoms with van der Waals surface area (Å²) in [5.41, 5.74) is 1.19. The van der Waals surface area contributed by atoms with Gasteiger partial charge in [0.2, 0.25) is 0 Å². The van der Waals surface area contributed by atoms with E-state index >= 15 is 0 Å². The predicted octanol–water partition coefficient (Wildman–Crippen LogP) is 0.973. The van der Waals surface area contributed by atoms with Gasteiger partial charge in [-0.15, -0.1) is 5.10 Å². The molecule has 0 amide bonds. The molecular formula is C12H18N4. The predicted molar refractivity (Wildman–Crippen MR) is 63.5 cm³/mol. The summed E-state index contributed by atoms with van der Waals surface area (Å²) >= 11 is 0. The van der Waals surface area contributed by atoms with Crippen LogP contribution in [0.4, 0.5) is 5.82 Å². The highest BCUT2D eigenvalue weighted by molar-refractivity contribution is 5.41. The lowest BCUT2D eigenvalue weighted by molar-refractivity contribution is 0.340. The number of rotatable bonds is 1. The van der Waals surface area contributed by atoms with E-state index in [4.69, 9.17) is 0 Å². The number of aryl methyl sites for hydroxylation is 1. The van der Waals surface area contributed by atoms with Gasteiger partial charge in [0.1, 0.15) is 0 Å². The molecule has 1 aromatic heterocycles. The fraction of sp³-hybridized carbons (Fsp3) is 0.667. The zero-order chi connectivity index (χ0) is 11.0. The number of piperidine rings is 1. The van der Waals surface area contributed by atoms with Crippen molar-refractivity contribution in [2.45, 2.75) is 25.8 Å². The van der Waals surface area contributed by atoms with Crippen molar-refractivity contribution in [3.63, 3.8) is 0 Å². The second kappa shape index (κ2) is 4.01. The number of fused-ring (bicyclic) bond motifs is 1. The van der Waals surface area contributed by atoms with Crippen LogP contribution in [0.3, 0.4) is 0 Å². The van der Waals surface area contributed by atoms with E-state index in [1.807, 2.05) is 6.20 Å². The molecule has 4 heteroatoms. The average molecular weight is 218 g/mol. The Labute approximate surface area is 96.1 Å². The SMILES string of the molecule is Cc1cnnc(N2CC3CCCNC3C2)c1. The summed E-state index contributed by atoms with van der Waals surface area (Å²) in [6.45, 7) is 5.46. The molecule has 0 aliphatic carbocycles. The van der Waals surface area contributed by atoms with E-state index in [0.717, 1.165) is 24.8 Å². The van der Waals surface area contributed by atoms with Crippen molar-refractivity contribution in [2.75, 3.05) is 24.5 Å². The highest BCUT2D eigenvalue weighted by atomic mass is 15.3. The quantitative estimate of drug-likeness (QED) is 0.762. The lowest BCUT2D eigenvalue weighted by atomic mass is 9.94. The molecule has 4 nitrogen and oxygen atoms in total. The summed E-state index contributed by atoms with van der Waals surface area (Å²) in [5.74, 6) is 1.84. The number of anilines is 1. The van der Waals surface area contributed by atoms with Gasteiger partial charge in [-0.25, -0.2) is 0 Å². The van der Waals surface area contributed by atoms with Gasteiger partial charge in [0.15, 0.2) is 5.82 Å². The van der Waals surface area contributed by atoms with Gasteiger partial charge in [-0.05, 0) is 43.9 Å². The van der Waals surface area contributed by atoms with Gasteiger partial charge in [-0.3, -0.25) is 0 Å². The summed E-state index contributed by atoms with van der Waals surface area (Å²) in [6.07, 6.45) is 4.48. The van der Waals surface area contributed by atoms with E-state index in [-0.39, 0.29) is 0 Å². The summed E-state index contributed by atoms with van der Waals surface area (Å²) in [6, 6.07) is 2.79. The van der Waals surface area contributed by atoms with E-state index in [1.54, 1.807) is 0 Å². The van der Waals surface area contributed by atoms with Crippen LogP contribution in [0.15, 0.2) is 12.3 Å². The topological polar surface area (TPSA) is 41.1 Å². The van der Waals surface area contributed by atoms with E-state index in [1.165, 1.54) is 24.9 Å². The molecule has 2 saturated heterocycles. The van der Waals surface area contributed by atoms with Crippen molar-refractivity contribution in [2.24, 2.45) is 5.92 Å². The van der Waals surface area contributed by atoms with Crippen molar-refractivity contribution in [1.29, 1.82) is 0 Å². The number of aromatic nitrogens is 2. The molecule has 16 heavy (non-hydrogen) atoms. The largest absolute Gasteiger partial charge is 0.353 e. The van der Waals surface area contributed by atoms with Crippen LogP contribution in [-0.2, 0) is 0 Å². The Hall–Kier alpha value is -1.16. The smallest absolute Gasteiger partial charge is 0.151 e. The van der Waals surface area contributed by atoms with Gasteiger partial charge >= 0.3 is 0 Å². The first-order valence-electron chi connectivity index (χ1n) is 6.10. The van der Waals surface area contributed by atoms with Crippen LogP contribution < -0.4 is 10.2 Å². The normalized spacial score (nSPS) is 29.2. The minimum Gasteiger partial charge on any atom is -0.353 e. The third-order valence-corrected chi connectivity index (χ3v) is 3.70. The van der Waals surface area contributed by atoms with Gasteiger partial charge in [0.25, 0.3) is 0 Å². The van der Waals surface area contributed by atoms with Crippen molar-refractivity contribution in [3.05, 3.63) is 17.8 Å². The van der Waals surface area contributed by atoms with Crippen molar-refractivity contribution in [1.82, 2.24) is 15.5 Å². The molecule has 2 fully saturated rings. The zero-order valence-corrected chi connectivity index (χ0v) is 9.69. The molecule has 0 saturated carbocycles. The Morgan fingerprint density at radius 2 is 2.38 bits per heavy atom. The number of hydrogen-bond acceptors (Lipinski definition) is 4. The molecule has 2 aliphatic rings. The maximum absolute atomic E-state index is 4.23. The third kappa shape index (κ3) is 1.78. The van der Waals surface area contributed by atoms with E-state index in [0.29, 0.717) is 6.04 Å². The molecule has 1 N–H and O–H groups in total. The summed E-state index contributed by atoms with van der Waals surface area (Å²) < 4.78 is 0. The van der Waals surface area contributed by atoms with Crippen LogP contribution in [-0.4, -0.2) is 35.9 Å². The van der Waals surface area contributed by atoms with Crippen molar-refractivity contribution >= 4 is 5.82 Å². The fourth-order valence-electron chi connectivity index (χ4n) is 2.84. The Morgan fingerprint density at radius 1 is 1.44 bits per heavy atom. The lowest BCUT2D eigenvalue weighted by Crippen LogP contribution is -2.40. The van der Waals surface area contributed by atoms with Crippen LogP contribution in [0.25, 0.3) is 0 Å². The molecular weight excluding hydrogens is 200 g/mol. The molecule has 2 atom stereocenters. The third-order valence-electron chi connectivity index (χ3n) is 3.70. The maximum Gasteiger partial charge on any atom is 0.151 e. The standard InChI is InChI=1S/C12H18N4/c1-9-5-12(15-14-6-9)16-7-10-3-2-4-13-11(10)8-16/h5-6,10-11,13H,2-4,7-8H2,1H3. The molecule has 3 heterocycles. The van der Waals surface area contributed by atoms with Crippen molar-refractivity contribution < 1.29 is 0 Å². The maximum atomic E-state index is 4.23. The minimum absolute atomic E-state index is 0.663. The Morgan fingerprint density at radius 3 is 3.19 bits per heavy atom. The first kappa shape index (κ1) is 10.0. The zero-order valence-electron chi connectivity index (χ0n) is 9.69. The molecule has 0 aromatic carbocycles. The summed E-state index contributed by atoms with van der Waals surface area (Å²) in [4.78, 5) is 2.37. The van der Waals surface area contributed by atoms with Crippen LogP contribution in [0, 0.1) is 12.8 Å². The first-order chi connectivity index (χ1) is 7.83. The van der Waals surface area contributed by atoms with Crippen LogP contribution in [0.5, 0.6) is 0 Å². The Bertz CT molecular complexity index is 365. The lowest BCUT2D eigenvalue weighted by Gasteiger charge is -2.24. The first-order valence-corrected chi connectivity index (χ1v) is 6.10. The molecule has 0 radical (unpaired) electrons. The van der Waals surface area contributed by atoms with Crippen LogP contribution in [0.1, 0.15) is 18.4 Å². The Kier molecular flexibility index (Phi) is 2.52. The van der Waals surface area contributed by atoms with Gasteiger partial charge in [-0.1, -0.05) is 0 Å². The van der Waals surface area contributed by atoms with Gasteiger partial charge in [-0.2, -0.15) is 5.10 Å². The van der Waals surface area contributed by atoms with E-state index in [9.17, 15) is 0 Å². The Balaban J connectivity index is 1.77. The van der Waals surface area contributed by atoms with E-state index < -0.39 is 0 Å². The number of nitrogens with zero attached hydrogens (tertiary/aromatic N) is 3. The molecule has 2 unspecified atom stereocenters. The molecule has 86 valence electrons. The molecule has 0 spiro atoms. The van der Waals surface area contributed by atoms with E-state index in [2.05, 4.69) is 33.4 Å². The van der Waals surface area contributed by atoms with Gasteiger partial charge in [0, 0.05) is 19.1 Å². The molecule has 0 bridgehead atoms. The second-order valence-electron chi connectivity index (χ2n) is 4.96. The highest BCUT2D eigenvalue weighted by Gasteiger charge is 2.34. The van der Waals surface area contributed by atoms with Crippen LogP contribution in [0.2, 0.25) is 0 Å². The van der Waals surface area contributed by atoms with Crippen LogP contribution >= 0.6 is 0 Å².